The fraction of sp³-hybridized carbons (Fsp3) is 1.00. The van der Waals surface area contributed by atoms with E-state index in [1.54, 1.807) is 0 Å². The average molecular weight is 284 g/mol. The summed E-state index contributed by atoms with van der Waals surface area (Å²) in [5, 5.41) is 0. The summed E-state index contributed by atoms with van der Waals surface area (Å²) in [6.07, 6.45) is 11.5. The molecule has 3 rings (SSSR count). The molecule has 4 heteroatoms. The van der Waals surface area contributed by atoms with Crippen LogP contribution in [0.3, 0.4) is 0 Å². The third-order valence-electron chi connectivity index (χ3n) is 5.02. The quantitative estimate of drug-likeness (QED) is 0.701. The minimum Gasteiger partial charge on any atom is -0.385 e. The van der Waals surface area contributed by atoms with E-state index in [0.29, 0.717) is 11.5 Å². The third-order valence-corrected chi connectivity index (χ3v) is 8.61. The van der Waals surface area contributed by atoms with Crippen LogP contribution in [-0.2, 0) is 14.2 Å². The van der Waals surface area contributed by atoms with Crippen LogP contribution in [0, 0.1) is 5.92 Å². The maximum atomic E-state index is 6.11. The van der Waals surface area contributed by atoms with Gasteiger partial charge in [-0.05, 0) is 44.4 Å². The van der Waals surface area contributed by atoms with Gasteiger partial charge in [-0.25, -0.2) is 0 Å². The minimum atomic E-state index is -1.07. The van der Waals surface area contributed by atoms with Crippen molar-refractivity contribution in [1.29, 1.82) is 0 Å². The fourth-order valence-electron chi connectivity index (χ4n) is 3.88. The summed E-state index contributed by atoms with van der Waals surface area (Å²) in [5.41, 5.74) is 1.04. The van der Waals surface area contributed by atoms with Crippen molar-refractivity contribution in [2.24, 2.45) is 5.92 Å². The molecule has 19 heavy (non-hydrogen) atoms. The highest BCUT2D eigenvalue weighted by molar-refractivity contribution is 6.61. The monoisotopic (exact) mass is 284 g/mol. The van der Waals surface area contributed by atoms with Gasteiger partial charge in [0.05, 0.1) is 11.5 Å². The van der Waals surface area contributed by atoms with Crippen LogP contribution in [0.15, 0.2) is 0 Å². The molecule has 2 heterocycles. The second-order valence-electron chi connectivity index (χ2n) is 6.45. The Morgan fingerprint density at radius 3 is 2.00 bits per heavy atom. The van der Waals surface area contributed by atoms with Crippen LogP contribution >= 0.6 is 0 Å². The van der Waals surface area contributed by atoms with Crippen molar-refractivity contribution in [3.63, 3.8) is 0 Å². The van der Waals surface area contributed by atoms with Gasteiger partial charge in [0.25, 0.3) is 0 Å². The molecule has 0 N–H and O–H groups in total. The van der Waals surface area contributed by atoms with Gasteiger partial charge in [-0.2, -0.15) is 0 Å². The highest BCUT2D eigenvalue weighted by atomic mass is 28.3. The SMILES string of the molecule is C1CCC(COC[SiH](C2CCCO2)C2CCCO2)C1. The zero-order chi connectivity index (χ0) is 12.9. The number of hydrogen-bond acceptors (Lipinski definition) is 3. The summed E-state index contributed by atoms with van der Waals surface area (Å²) in [5.74, 6) is 0.837. The van der Waals surface area contributed by atoms with Crippen molar-refractivity contribution in [3.05, 3.63) is 0 Å². The molecule has 0 spiro atoms. The first-order chi connectivity index (χ1) is 9.43. The third kappa shape index (κ3) is 3.81. The van der Waals surface area contributed by atoms with Crippen molar-refractivity contribution in [3.8, 4) is 0 Å². The van der Waals surface area contributed by atoms with Crippen LogP contribution in [0.5, 0.6) is 0 Å². The maximum absolute atomic E-state index is 6.11. The Morgan fingerprint density at radius 2 is 1.47 bits per heavy atom. The van der Waals surface area contributed by atoms with E-state index in [0.717, 1.165) is 32.0 Å². The first-order valence-corrected chi connectivity index (χ1v) is 10.4. The number of ether oxygens (including phenoxy) is 3. The Hall–Kier alpha value is 0.0969. The molecule has 0 radical (unpaired) electrons. The van der Waals surface area contributed by atoms with Gasteiger partial charge in [-0.15, -0.1) is 0 Å². The predicted molar refractivity (Wildman–Crippen MR) is 77.9 cm³/mol. The van der Waals surface area contributed by atoms with Crippen LogP contribution in [-0.4, -0.2) is 46.3 Å². The van der Waals surface area contributed by atoms with Gasteiger partial charge >= 0.3 is 0 Å². The molecule has 0 aromatic rings. The summed E-state index contributed by atoms with van der Waals surface area (Å²) in [7, 11) is -1.07. The molecular formula is C15H28O3Si. The van der Waals surface area contributed by atoms with Crippen molar-refractivity contribution in [2.45, 2.75) is 62.8 Å². The molecule has 0 bridgehead atoms. The lowest BCUT2D eigenvalue weighted by molar-refractivity contribution is 0.101. The summed E-state index contributed by atoms with van der Waals surface area (Å²) in [6, 6.07) is 0. The van der Waals surface area contributed by atoms with Crippen molar-refractivity contribution in [1.82, 2.24) is 0 Å². The molecule has 1 saturated carbocycles. The summed E-state index contributed by atoms with van der Waals surface area (Å²) in [6.45, 7) is 2.91. The highest BCUT2D eigenvalue weighted by Crippen LogP contribution is 2.26. The molecule has 3 nitrogen and oxygen atoms in total. The second kappa shape index (κ2) is 7.20. The zero-order valence-electron chi connectivity index (χ0n) is 12.0. The fourth-order valence-corrected chi connectivity index (χ4v) is 7.29. The Balaban J connectivity index is 1.46. The number of rotatable bonds is 6. The predicted octanol–water partition coefficient (Wildman–Crippen LogP) is 2.40. The molecular weight excluding hydrogens is 256 g/mol. The van der Waals surface area contributed by atoms with Crippen LogP contribution in [0.1, 0.15) is 51.4 Å². The lowest BCUT2D eigenvalue weighted by Gasteiger charge is -2.26. The lowest BCUT2D eigenvalue weighted by Crippen LogP contribution is -2.46. The van der Waals surface area contributed by atoms with Gasteiger partial charge in [0.15, 0.2) is 0 Å². The molecule has 0 aromatic heterocycles. The van der Waals surface area contributed by atoms with E-state index >= 15 is 0 Å². The molecule has 2 unspecified atom stereocenters. The largest absolute Gasteiger partial charge is 0.385 e. The molecule has 0 aromatic carbocycles. The summed E-state index contributed by atoms with van der Waals surface area (Å²) >= 11 is 0. The standard InChI is InChI=1S/C15H28O3Si/c1-2-6-13(5-1)11-16-12-19(14-7-3-9-17-14)15-8-4-10-18-15/h13-15,19H,1-12H2. The van der Waals surface area contributed by atoms with E-state index in [9.17, 15) is 0 Å². The topological polar surface area (TPSA) is 27.7 Å². The van der Waals surface area contributed by atoms with Gasteiger partial charge < -0.3 is 14.2 Å². The first-order valence-electron chi connectivity index (χ1n) is 8.24. The van der Waals surface area contributed by atoms with E-state index in [1.165, 1.54) is 51.4 Å². The second-order valence-corrected chi connectivity index (χ2v) is 9.60. The molecule has 1 aliphatic carbocycles. The smallest absolute Gasteiger partial charge is 0.134 e. The lowest BCUT2D eigenvalue weighted by atomic mass is 10.1. The van der Waals surface area contributed by atoms with Crippen molar-refractivity contribution in [2.75, 3.05) is 26.1 Å². The average Bonchev–Trinajstić information content (AvgIpc) is 3.15. The van der Waals surface area contributed by atoms with Gasteiger partial charge in [-0.1, -0.05) is 12.8 Å². The van der Waals surface area contributed by atoms with E-state index in [2.05, 4.69) is 0 Å². The van der Waals surface area contributed by atoms with Gasteiger partial charge in [0.1, 0.15) is 8.80 Å². The van der Waals surface area contributed by atoms with E-state index in [1.807, 2.05) is 0 Å². The van der Waals surface area contributed by atoms with Crippen LogP contribution < -0.4 is 0 Å². The number of hydrogen-bond donors (Lipinski definition) is 0. The first kappa shape index (κ1) is 14.1. The van der Waals surface area contributed by atoms with Crippen molar-refractivity contribution >= 4 is 8.80 Å². The molecule has 2 aliphatic heterocycles. The molecule has 2 atom stereocenters. The molecule has 2 saturated heterocycles. The van der Waals surface area contributed by atoms with Crippen LogP contribution in [0.2, 0.25) is 0 Å². The van der Waals surface area contributed by atoms with E-state index in [-0.39, 0.29) is 0 Å². The molecule has 110 valence electrons. The van der Waals surface area contributed by atoms with Gasteiger partial charge in [0.2, 0.25) is 0 Å². The minimum absolute atomic E-state index is 0.520. The Bertz CT molecular complexity index is 240. The van der Waals surface area contributed by atoms with E-state index < -0.39 is 8.80 Å². The van der Waals surface area contributed by atoms with Crippen LogP contribution in [0.4, 0.5) is 0 Å². The molecule has 0 amide bonds. The van der Waals surface area contributed by atoms with E-state index in [4.69, 9.17) is 14.2 Å². The highest BCUT2D eigenvalue weighted by Gasteiger charge is 2.36. The van der Waals surface area contributed by atoms with Gasteiger partial charge in [0, 0.05) is 26.1 Å². The molecule has 3 fully saturated rings. The zero-order valence-corrected chi connectivity index (χ0v) is 13.2. The summed E-state index contributed by atoms with van der Waals surface area (Å²) < 4.78 is 18.0. The van der Waals surface area contributed by atoms with Crippen LogP contribution in [0.25, 0.3) is 0 Å². The molecule has 3 aliphatic rings. The maximum Gasteiger partial charge on any atom is 0.134 e. The summed E-state index contributed by atoms with van der Waals surface area (Å²) in [4.78, 5) is 0. The normalized spacial score (nSPS) is 34.1. The van der Waals surface area contributed by atoms with Crippen molar-refractivity contribution < 1.29 is 14.2 Å². The Labute approximate surface area is 118 Å². The Morgan fingerprint density at radius 1 is 0.842 bits per heavy atom. The Kier molecular flexibility index (Phi) is 5.33. The van der Waals surface area contributed by atoms with Gasteiger partial charge in [-0.3, -0.25) is 0 Å².